The van der Waals surface area contributed by atoms with Crippen molar-refractivity contribution in [2.75, 3.05) is 31.4 Å². The monoisotopic (exact) mass is 402 g/mol. The second-order valence-corrected chi connectivity index (χ2v) is 8.64. The minimum atomic E-state index is 0.221. The van der Waals surface area contributed by atoms with Crippen LogP contribution in [0.5, 0.6) is 5.75 Å². The molecule has 0 aromatic heterocycles. The Hall–Kier alpha value is -2.85. The van der Waals surface area contributed by atoms with Crippen LogP contribution in [-0.4, -0.2) is 21.2 Å². The Labute approximate surface area is 177 Å². The summed E-state index contributed by atoms with van der Waals surface area (Å²) in [5, 5.41) is 3.88. The number of thioether (sulfide) groups is 1. The summed E-state index contributed by atoms with van der Waals surface area (Å²) in [4.78, 5) is 3.40. The normalized spacial score (nSPS) is 15.6. The zero-order valence-electron chi connectivity index (χ0n) is 17.3. The van der Waals surface area contributed by atoms with E-state index in [-0.39, 0.29) is 5.25 Å². The van der Waals surface area contributed by atoms with Crippen molar-refractivity contribution in [3.05, 3.63) is 89.5 Å². The molecule has 1 atom stereocenters. The highest BCUT2D eigenvalue weighted by molar-refractivity contribution is 7.99. The van der Waals surface area contributed by atoms with Crippen molar-refractivity contribution in [3.8, 4) is 5.75 Å². The molecule has 0 fully saturated rings. The second kappa shape index (κ2) is 8.26. The third-order valence-electron chi connectivity index (χ3n) is 5.12. The van der Waals surface area contributed by atoms with Gasteiger partial charge in [0.1, 0.15) is 5.75 Å². The molecular formula is C25H26N2OS. The van der Waals surface area contributed by atoms with Crippen molar-refractivity contribution < 1.29 is 4.74 Å². The van der Waals surface area contributed by atoms with Gasteiger partial charge >= 0.3 is 0 Å². The first-order valence-electron chi connectivity index (χ1n) is 9.71. The number of nitrogens with zero attached hydrogens (tertiary/aromatic N) is 1. The SMILES string of the molecule is COc1ccc(C2=C[C@@H](c3ccc(N(C)C)cc3)Sc3cc(C)ccc3N2)cc1. The quantitative estimate of drug-likeness (QED) is 0.548. The fourth-order valence-electron chi connectivity index (χ4n) is 3.40. The molecule has 4 heteroatoms. The van der Waals surface area contributed by atoms with Crippen LogP contribution < -0.4 is 15.0 Å². The minimum Gasteiger partial charge on any atom is -0.497 e. The van der Waals surface area contributed by atoms with Gasteiger partial charge in [0.05, 0.1) is 18.0 Å². The number of methoxy groups -OCH3 is 1. The van der Waals surface area contributed by atoms with Crippen molar-refractivity contribution >= 4 is 28.8 Å². The molecule has 4 rings (SSSR count). The molecular weight excluding hydrogens is 376 g/mol. The summed E-state index contributed by atoms with van der Waals surface area (Å²) < 4.78 is 5.32. The predicted octanol–water partition coefficient (Wildman–Crippen LogP) is 6.37. The van der Waals surface area contributed by atoms with E-state index in [2.05, 4.69) is 91.9 Å². The van der Waals surface area contributed by atoms with Crippen LogP contribution in [0.4, 0.5) is 11.4 Å². The maximum absolute atomic E-state index is 5.32. The van der Waals surface area contributed by atoms with Crippen LogP contribution in [0.1, 0.15) is 21.9 Å². The van der Waals surface area contributed by atoms with Gasteiger partial charge in [0.2, 0.25) is 0 Å². The lowest BCUT2D eigenvalue weighted by atomic mass is 10.1. The van der Waals surface area contributed by atoms with E-state index >= 15 is 0 Å². The van der Waals surface area contributed by atoms with Gasteiger partial charge in [0.15, 0.2) is 0 Å². The molecule has 0 radical (unpaired) electrons. The number of anilines is 2. The Bertz CT molecular complexity index is 1020. The number of hydrogen-bond donors (Lipinski definition) is 1. The fraction of sp³-hybridized carbons (Fsp3) is 0.200. The van der Waals surface area contributed by atoms with Gasteiger partial charge in [-0.15, -0.1) is 11.8 Å². The maximum Gasteiger partial charge on any atom is 0.118 e. The summed E-state index contributed by atoms with van der Waals surface area (Å²) in [7, 11) is 5.83. The summed E-state index contributed by atoms with van der Waals surface area (Å²) in [6.07, 6.45) is 2.33. The molecule has 1 N–H and O–H groups in total. The van der Waals surface area contributed by atoms with Crippen molar-refractivity contribution in [3.63, 3.8) is 0 Å². The van der Waals surface area contributed by atoms with E-state index < -0.39 is 0 Å². The van der Waals surface area contributed by atoms with Crippen molar-refractivity contribution in [1.82, 2.24) is 0 Å². The van der Waals surface area contributed by atoms with Crippen molar-refractivity contribution in [2.45, 2.75) is 17.1 Å². The topological polar surface area (TPSA) is 24.5 Å². The third-order valence-corrected chi connectivity index (χ3v) is 6.37. The number of rotatable bonds is 4. The standard InChI is InChI=1S/C25H26N2OS/c1-17-5-14-22-25(15-17)29-24(19-6-10-20(11-7-19)27(2)3)16-23(26-22)18-8-12-21(28-4)13-9-18/h5-16,24,26H,1-4H3/t24-/m0/s1. The smallest absolute Gasteiger partial charge is 0.118 e. The molecule has 29 heavy (non-hydrogen) atoms. The average molecular weight is 403 g/mol. The molecule has 0 bridgehead atoms. The summed E-state index contributed by atoms with van der Waals surface area (Å²) in [6, 6.07) is 23.7. The Morgan fingerprint density at radius 2 is 1.66 bits per heavy atom. The largest absolute Gasteiger partial charge is 0.497 e. The van der Waals surface area contributed by atoms with Crippen LogP contribution in [0.15, 0.2) is 77.7 Å². The van der Waals surface area contributed by atoms with Gasteiger partial charge in [-0.3, -0.25) is 0 Å². The average Bonchev–Trinajstić information content (AvgIpc) is 2.93. The minimum absolute atomic E-state index is 0.221. The Morgan fingerprint density at radius 3 is 2.31 bits per heavy atom. The van der Waals surface area contributed by atoms with E-state index in [9.17, 15) is 0 Å². The third kappa shape index (κ3) is 4.28. The lowest BCUT2D eigenvalue weighted by molar-refractivity contribution is 0.415. The molecule has 0 aliphatic carbocycles. The van der Waals surface area contributed by atoms with E-state index in [4.69, 9.17) is 4.74 Å². The van der Waals surface area contributed by atoms with Crippen LogP contribution >= 0.6 is 11.8 Å². The van der Waals surface area contributed by atoms with Gasteiger partial charge in [-0.2, -0.15) is 0 Å². The number of benzene rings is 3. The molecule has 0 unspecified atom stereocenters. The molecule has 148 valence electrons. The Balaban J connectivity index is 1.76. The first kappa shape index (κ1) is 19.5. The summed E-state index contributed by atoms with van der Waals surface area (Å²) in [5.41, 5.74) is 7.19. The van der Waals surface area contributed by atoms with Gasteiger partial charge in [-0.1, -0.05) is 18.2 Å². The number of hydrogen-bond acceptors (Lipinski definition) is 4. The highest BCUT2D eigenvalue weighted by Gasteiger charge is 2.20. The van der Waals surface area contributed by atoms with Gasteiger partial charge in [-0.05, 0) is 78.2 Å². The summed E-state index contributed by atoms with van der Waals surface area (Å²) in [6.45, 7) is 2.14. The van der Waals surface area contributed by atoms with Crippen LogP contribution in [0.25, 0.3) is 5.70 Å². The van der Waals surface area contributed by atoms with Crippen molar-refractivity contribution in [2.24, 2.45) is 0 Å². The van der Waals surface area contributed by atoms with Crippen molar-refractivity contribution in [1.29, 1.82) is 0 Å². The van der Waals surface area contributed by atoms with Gasteiger partial charge in [0.25, 0.3) is 0 Å². The van der Waals surface area contributed by atoms with E-state index in [1.807, 2.05) is 23.9 Å². The molecule has 0 amide bonds. The zero-order chi connectivity index (χ0) is 20.4. The molecule has 0 saturated heterocycles. The summed E-state index contributed by atoms with van der Waals surface area (Å²) in [5.74, 6) is 0.865. The number of nitrogens with one attached hydrogen (secondary N) is 1. The Kier molecular flexibility index (Phi) is 5.54. The second-order valence-electron chi connectivity index (χ2n) is 7.46. The number of aryl methyl sites for hydroxylation is 1. The first-order valence-corrected chi connectivity index (χ1v) is 10.6. The molecule has 1 aliphatic heterocycles. The van der Waals surface area contributed by atoms with Gasteiger partial charge in [0, 0.05) is 30.4 Å². The van der Waals surface area contributed by atoms with Crippen LogP contribution in [0.2, 0.25) is 0 Å². The molecule has 3 aromatic carbocycles. The molecule has 1 aliphatic rings. The van der Waals surface area contributed by atoms with Gasteiger partial charge in [-0.25, -0.2) is 0 Å². The Morgan fingerprint density at radius 1 is 0.931 bits per heavy atom. The predicted molar refractivity (Wildman–Crippen MR) is 125 cm³/mol. The lowest BCUT2D eigenvalue weighted by Crippen LogP contribution is -2.08. The molecule has 0 saturated carbocycles. The van der Waals surface area contributed by atoms with E-state index in [0.717, 1.165) is 22.7 Å². The van der Waals surface area contributed by atoms with Crippen LogP contribution in [0, 0.1) is 6.92 Å². The highest BCUT2D eigenvalue weighted by atomic mass is 32.2. The summed E-state index contributed by atoms with van der Waals surface area (Å²) >= 11 is 1.89. The van der Waals surface area contributed by atoms with Crippen LogP contribution in [-0.2, 0) is 0 Å². The van der Waals surface area contributed by atoms with Gasteiger partial charge < -0.3 is 15.0 Å². The molecule has 3 aromatic rings. The number of fused-ring (bicyclic) bond motifs is 1. The molecule has 3 nitrogen and oxygen atoms in total. The van der Waals surface area contributed by atoms with E-state index in [1.54, 1.807) is 7.11 Å². The van der Waals surface area contributed by atoms with E-state index in [1.165, 1.54) is 21.7 Å². The zero-order valence-corrected chi connectivity index (χ0v) is 18.1. The fourth-order valence-corrected chi connectivity index (χ4v) is 4.68. The number of ether oxygens (including phenoxy) is 1. The molecule has 1 heterocycles. The highest BCUT2D eigenvalue weighted by Crippen LogP contribution is 2.45. The first-order chi connectivity index (χ1) is 14.0. The van der Waals surface area contributed by atoms with E-state index in [0.29, 0.717) is 0 Å². The lowest BCUT2D eigenvalue weighted by Gasteiger charge is -2.16. The maximum atomic E-state index is 5.32. The van der Waals surface area contributed by atoms with Crippen LogP contribution in [0.3, 0.4) is 0 Å². The molecule has 0 spiro atoms.